The van der Waals surface area contributed by atoms with E-state index in [1.165, 1.54) is 5.56 Å². The molecule has 1 aliphatic heterocycles. The zero-order chi connectivity index (χ0) is 13.9. The lowest BCUT2D eigenvalue weighted by molar-refractivity contribution is -0.116. The molecule has 102 valence electrons. The lowest BCUT2D eigenvalue weighted by atomic mass is 9.97. The van der Waals surface area contributed by atoms with Gasteiger partial charge in [0.2, 0.25) is 5.91 Å². The standard InChI is InChI=1S/C16H17N3O/c1-11-6-7-15(18-9-11)19-16(20)8-12-10-17-14-5-3-2-4-13(12)14/h2-7,9,12,17H,8,10H2,1H3,(H,18,19,20). The van der Waals surface area contributed by atoms with Crippen molar-refractivity contribution in [2.45, 2.75) is 19.3 Å². The van der Waals surface area contributed by atoms with Crippen LogP contribution in [0.4, 0.5) is 11.5 Å². The highest BCUT2D eigenvalue weighted by molar-refractivity contribution is 5.90. The number of pyridine rings is 1. The highest BCUT2D eigenvalue weighted by atomic mass is 16.1. The van der Waals surface area contributed by atoms with Gasteiger partial charge in [-0.1, -0.05) is 24.3 Å². The molecular formula is C16H17N3O. The van der Waals surface area contributed by atoms with Gasteiger partial charge in [0.1, 0.15) is 5.82 Å². The maximum Gasteiger partial charge on any atom is 0.226 e. The molecular weight excluding hydrogens is 250 g/mol. The smallest absolute Gasteiger partial charge is 0.226 e. The van der Waals surface area contributed by atoms with Crippen molar-refractivity contribution in [1.29, 1.82) is 0 Å². The topological polar surface area (TPSA) is 54.0 Å². The van der Waals surface area contributed by atoms with E-state index in [1.807, 2.05) is 31.2 Å². The SMILES string of the molecule is Cc1ccc(NC(=O)CC2CNc3ccccc32)nc1. The Labute approximate surface area is 118 Å². The Morgan fingerprint density at radius 1 is 1.35 bits per heavy atom. The van der Waals surface area contributed by atoms with E-state index in [9.17, 15) is 4.79 Å². The van der Waals surface area contributed by atoms with Crippen LogP contribution in [0.3, 0.4) is 0 Å². The number of benzene rings is 1. The monoisotopic (exact) mass is 267 g/mol. The van der Waals surface area contributed by atoms with Crippen LogP contribution in [0.25, 0.3) is 0 Å². The molecule has 0 bridgehead atoms. The van der Waals surface area contributed by atoms with E-state index < -0.39 is 0 Å². The molecule has 0 saturated heterocycles. The summed E-state index contributed by atoms with van der Waals surface area (Å²) in [5.41, 5.74) is 3.44. The average molecular weight is 267 g/mol. The molecule has 2 aromatic rings. The van der Waals surface area contributed by atoms with Crippen molar-refractivity contribution in [1.82, 2.24) is 4.98 Å². The summed E-state index contributed by atoms with van der Waals surface area (Å²) in [6, 6.07) is 11.9. The summed E-state index contributed by atoms with van der Waals surface area (Å²) in [5, 5.41) is 6.18. The van der Waals surface area contributed by atoms with Crippen LogP contribution in [0.2, 0.25) is 0 Å². The fourth-order valence-corrected chi connectivity index (χ4v) is 2.50. The highest BCUT2D eigenvalue weighted by Gasteiger charge is 2.23. The Morgan fingerprint density at radius 2 is 2.20 bits per heavy atom. The minimum Gasteiger partial charge on any atom is -0.384 e. The van der Waals surface area contributed by atoms with Gasteiger partial charge in [-0.3, -0.25) is 4.79 Å². The van der Waals surface area contributed by atoms with E-state index in [0.29, 0.717) is 12.2 Å². The number of rotatable bonds is 3. The molecule has 2 heterocycles. The van der Waals surface area contributed by atoms with Crippen molar-refractivity contribution in [2.24, 2.45) is 0 Å². The molecule has 1 aromatic carbocycles. The van der Waals surface area contributed by atoms with E-state index >= 15 is 0 Å². The van der Waals surface area contributed by atoms with Crippen molar-refractivity contribution in [2.75, 3.05) is 17.2 Å². The number of hydrogen-bond acceptors (Lipinski definition) is 3. The van der Waals surface area contributed by atoms with E-state index in [2.05, 4.69) is 27.8 Å². The summed E-state index contributed by atoms with van der Waals surface area (Å²) >= 11 is 0. The van der Waals surface area contributed by atoms with Crippen LogP contribution in [-0.4, -0.2) is 17.4 Å². The number of anilines is 2. The maximum absolute atomic E-state index is 12.1. The molecule has 0 fully saturated rings. The first-order chi connectivity index (χ1) is 9.72. The predicted molar refractivity (Wildman–Crippen MR) is 79.9 cm³/mol. The number of para-hydroxylation sites is 1. The van der Waals surface area contributed by atoms with Gasteiger partial charge in [-0.2, -0.15) is 0 Å². The van der Waals surface area contributed by atoms with Crippen LogP contribution in [0.1, 0.15) is 23.5 Å². The van der Waals surface area contributed by atoms with Gasteiger partial charge in [-0.25, -0.2) is 4.98 Å². The third-order valence-electron chi connectivity index (χ3n) is 3.55. The Bertz CT molecular complexity index is 622. The Morgan fingerprint density at radius 3 is 3.00 bits per heavy atom. The van der Waals surface area contributed by atoms with E-state index in [1.54, 1.807) is 6.20 Å². The molecule has 1 unspecified atom stereocenters. The third kappa shape index (κ3) is 2.64. The number of carbonyl (C=O) groups is 1. The van der Waals surface area contributed by atoms with Crippen LogP contribution < -0.4 is 10.6 Å². The van der Waals surface area contributed by atoms with Crippen LogP contribution in [0.15, 0.2) is 42.6 Å². The number of carbonyl (C=O) groups excluding carboxylic acids is 1. The van der Waals surface area contributed by atoms with Crippen LogP contribution in [0.5, 0.6) is 0 Å². The molecule has 1 aromatic heterocycles. The number of aryl methyl sites for hydroxylation is 1. The Kier molecular flexibility index (Phi) is 3.37. The molecule has 3 rings (SSSR count). The zero-order valence-electron chi connectivity index (χ0n) is 11.4. The van der Waals surface area contributed by atoms with Gasteiger partial charge in [0, 0.05) is 30.8 Å². The molecule has 0 spiro atoms. The molecule has 1 amide bonds. The molecule has 1 aliphatic rings. The average Bonchev–Trinajstić information content (AvgIpc) is 2.85. The van der Waals surface area contributed by atoms with Crippen LogP contribution >= 0.6 is 0 Å². The normalized spacial score (nSPS) is 16.4. The molecule has 2 N–H and O–H groups in total. The minimum atomic E-state index is 0.00450. The van der Waals surface area contributed by atoms with Crippen molar-refractivity contribution in [3.05, 3.63) is 53.7 Å². The third-order valence-corrected chi connectivity index (χ3v) is 3.55. The summed E-state index contributed by atoms with van der Waals surface area (Å²) in [4.78, 5) is 16.3. The summed E-state index contributed by atoms with van der Waals surface area (Å²) in [6.07, 6.45) is 2.22. The molecule has 0 saturated carbocycles. The first-order valence-corrected chi connectivity index (χ1v) is 6.77. The second-order valence-corrected chi connectivity index (χ2v) is 5.14. The van der Waals surface area contributed by atoms with E-state index in [-0.39, 0.29) is 11.8 Å². The molecule has 4 nitrogen and oxygen atoms in total. The molecule has 20 heavy (non-hydrogen) atoms. The fourth-order valence-electron chi connectivity index (χ4n) is 2.50. The van der Waals surface area contributed by atoms with Crippen molar-refractivity contribution >= 4 is 17.4 Å². The van der Waals surface area contributed by atoms with Gasteiger partial charge in [0.25, 0.3) is 0 Å². The lowest BCUT2D eigenvalue weighted by Crippen LogP contribution is -2.17. The van der Waals surface area contributed by atoms with Gasteiger partial charge in [0.15, 0.2) is 0 Å². The van der Waals surface area contributed by atoms with E-state index in [4.69, 9.17) is 0 Å². The summed E-state index contributed by atoms with van der Waals surface area (Å²) < 4.78 is 0. The number of nitrogens with zero attached hydrogens (tertiary/aromatic N) is 1. The predicted octanol–water partition coefficient (Wildman–Crippen LogP) is 2.93. The van der Waals surface area contributed by atoms with Crippen molar-refractivity contribution < 1.29 is 4.79 Å². The summed E-state index contributed by atoms with van der Waals surface area (Å²) in [7, 11) is 0. The quantitative estimate of drug-likeness (QED) is 0.899. The van der Waals surface area contributed by atoms with Gasteiger partial charge in [-0.15, -0.1) is 0 Å². The molecule has 4 heteroatoms. The second-order valence-electron chi connectivity index (χ2n) is 5.14. The van der Waals surface area contributed by atoms with Gasteiger partial charge in [0.05, 0.1) is 0 Å². The number of amides is 1. The summed E-state index contributed by atoms with van der Waals surface area (Å²) in [5.74, 6) is 0.848. The van der Waals surface area contributed by atoms with Crippen molar-refractivity contribution in [3.8, 4) is 0 Å². The Hall–Kier alpha value is -2.36. The van der Waals surface area contributed by atoms with Crippen LogP contribution in [-0.2, 0) is 4.79 Å². The Balaban J connectivity index is 1.64. The number of nitrogens with one attached hydrogen (secondary N) is 2. The van der Waals surface area contributed by atoms with Gasteiger partial charge in [-0.05, 0) is 30.2 Å². The first kappa shape index (κ1) is 12.7. The fraction of sp³-hybridized carbons (Fsp3) is 0.250. The largest absolute Gasteiger partial charge is 0.384 e. The number of aromatic nitrogens is 1. The summed E-state index contributed by atoms with van der Waals surface area (Å²) in [6.45, 7) is 2.79. The minimum absolute atomic E-state index is 0.00450. The van der Waals surface area contributed by atoms with E-state index in [0.717, 1.165) is 17.8 Å². The number of hydrogen-bond donors (Lipinski definition) is 2. The number of fused-ring (bicyclic) bond motifs is 1. The lowest BCUT2D eigenvalue weighted by Gasteiger charge is -2.10. The first-order valence-electron chi connectivity index (χ1n) is 6.77. The maximum atomic E-state index is 12.1. The van der Waals surface area contributed by atoms with Gasteiger partial charge >= 0.3 is 0 Å². The molecule has 1 atom stereocenters. The molecule has 0 radical (unpaired) electrons. The highest BCUT2D eigenvalue weighted by Crippen LogP contribution is 2.33. The van der Waals surface area contributed by atoms with Crippen molar-refractivity contribution in [3.63, 3.8) is 0 Å². The second kappa shape index (κ2) is 5.33. The van der Waals surface area contributed by atoms with Gasteiger partial charge < -0.3 is 10.6 Å². The zero-order valence-corrected chi connectivity index (χ0v) is 11.4. The van der Waals surface area contributed by atoms with Crippen LogP contribution in [0, 0.1) is 6.92 Å². The molecule has 0 aliphatic carbocycles.